The van der Waals surface area contributed by atoms with Gasteiger partial charge in [-0.3, -0.25) is 14.8 Å². The van der Waals surface area contributed by atoms with Crippen molar-refractivity contribution < 1.29 is 9.59 Å². The maximum atomic E-state index is 12.9. The Morgan fingerprint density at radius 2 is 1.64 bits per heavy atom. The number of pyridine rings is 2. The number of urea groups is 1. The quantitative estimate of drug-likeness (QED) is 0.336. The number of hydrogen-bond donors (Lipinski definition) is 3. The second kappa shape index (κ2) is 9.85. The molecule has 0 radical (unpaired) electrons. The van der Waals surface area contributed by atoms with E-state index < -0.39 is 5.91 Å². The summed E-state index contributed by atoms with van der Waals surface area (Å²) in [5.74, 6) is -0.454. The van der Waals surface area contributed by atoms with E-state index in [1.165, 1.54) is 0 Å². The van der Waals surface area contributed by atoms with Gasteiger partial charge in [0.25, 0.3) is 5.91 Å². The van der Waals surface area contributed by atoms with Crippen LogP contribution in [0.5, 0.6) is 0 Å². The summed E-state index contributed by atoms with van der Waals surface area (Å²) in [6, 6.07) is 13.5. The molecule has 0 atom stereocenters. The molecule has 0 bridgehead atoms. The van der Waals surface area contributed by atoms with E-state index in [2.05, 4.69) is 25.9 Å². The highest BCUT2D eigenvalue weighted by Gasteiger charge is 2.17. The normalized spacial score (nSPS) is 10.6. The van der Waals surface area contributed by atoms with Crippen molar-refractivity contribution in [3.8, 4) is 0 Å². The predicted molar refractivity (Wildman–Crippen MR) is 131 cm³/mol. The van der Waals surface area contributed by atoms with Crippen LogP contribution in [0.4, 0.5) is 16.2 Å². The molecule has 0 aliphatic carbocycles. The minimum absolute atomic E-state index is 0.179. The first-order chi connectivity index (χ1) is 15.9. The Labute approximate surface area is 200 Å². The molecule has 33 heavy (non-hydrogen) atoms. The van der Waals surface area contributed by atoms with Gasteiger partial charge in [-0.15, -0.1) is 0 Å². The van der Waals surface area contributed by atoms with Gasteiger partial charge in [0.05, 0.1) is 32.5 Å². The summed E-state index contributed by atoms with van der Waals surface area (Å²) in [7, 11) is 0. The first-order valence-corrected chi connectivity index (χ1v) is 10.8. The molecule has 2 aromatic carbocycles. The summed E-state index contributed by atoms with van der Waals surface area (Å²) in [5.41, 5.74) is 3.47. The standard InChI is InChI=1S/C24H19Cl2N5O2/c1-14-12-28-22-16(21(14)31-24(33)29-13-15-8-10-27-11-9-15)4-2-7-19(22)30-23(32)20-17(25)5-3-6-18(20)26/h2-12H,13H2,1H3,(H,30,32)(H2,28,29,31,33). The largest absolute Gasteiger partial charge is 0.334 e. The van der Waals surface area contributed by atoms with Crippen LogP contribution in [0.3, 0.4) is 0 Å². The van der Waals surface area contributed by atoms with Gasteiger partial charge in [-0.25, -0.2) is 4.79 Å². The molecule has 0 aliphatic rings. The fourth-order valence-corrected chi connectivity index (χ4v) is 3.90. The Hall–Kier alpha value is -3.68. The van der Waals surface area contributed by atoms with Gasteiger partial charge in [-0.1, -0.05) is 41.4 Å². The molecule has 0 aliphatic heterocycles. The van der Waals surface area contributed by atoms with E-state index in [0.29, 0.717) is 28.8 Å². The Kier molecular flexibility index (Phi) is 6.72. The van der Waals surface area contributed by atoms with Crippen molar-refractivity contribution >= 4 is 57.4 Å². The molecule has 9 heteroatoms. The minimum Gasteiger partial charge on any atom is -0.334 e. The molecular weight excluding hydrogens is 461 g/mol. The number of para-hydroxylation sites is 1. The third-order valence-corrected chi connectivity index (χ3v) is 5.60. The van der Waals surface area contributed by atoms with Gasteiger partial charge in [0, 0.05) is 30.5 Å². The van der Waals surface area contributed by atoms with Crippen LogP contribution in [0.25, 0.3) is 10.9 Å². The Morgan fingerprint density at radius 3 is 2.36 bits per heavy atom. The summed E-state index contributed by atoms with van der Waals surface area (Å²) in [5, 5.41) is 9.71. The molecule has 0 spiro atoms. The number of fused-ring (bicyclic) bond motifs is 1. The first-order valence-electron chi connectivity index (χ1n) is 10.0. The summed E-state index contributed by atoms with van der Waals surface area (Å²) in [6.07, 6.45) is 4.97. The van der Waals surface area contributed by atoms with Crippen LogP contribution in [0.15, 0.2) is 67.1 Å². The third-order valence-electron chi connectivity index (χ3n) is 4.97. The van der Waals surface area contributed by atoms with Gasteiger partial charge in [-0.2, -0.15) is 0 Å². The van der Waals surface area contributed by atoms with E-state index in [1.54, 1.807) is 48.9 Å². The van der Waals surface area contributed by atoms with Crippen LogP contribution in [0.2, 0.25) is 10.0 Å². The lowest BCUT2D eigenvalue weighted by molar-refractivity contribution is 0.102. The lowest BCUT2D eigenvalue weighted by atomic mass is 10.1. The van der Waals surface area contributed by atoms with Crippen LogP contribution < -0.4 is 16.0 Å². The number of anilines is 2. The second-order valence-electron chi connectivity index (χ2n) is 7.23. The second-order valence-corrected chi connectivity index (χ2v) is 8.05. The van der Waals surface area contributed by atoms with Crippen LogP contribution in [-0.4, -0.2) is 21.9 Å². The van der Waals surface area contributed by atoms with Crippen LogP contribution in [0.1, 0.15) is 21.5 Å². The first kappa shape index (κ1) is 22.5. The van der Waals surface area contributed by atoms with Gasteiger partial charge < -0.3 is 16.0 Å². The number of nitrogens with zero attached hydrogens (tertiary/aromatic N) is 2. The van der Waals surface area contributed by atoms with E-state index >= 15 is 0 Å². The molecule has 3 amide bonds. The summed E-state index contributed by atoms with van der Waals surface area (Å²) < 4.78 is 0. The molecular formula is C24H19Cl2N5O2. The van der Waals surface area contributed by atoms with Crippen molar-refractivity contribution in [2.45, 2.75) is 13.5 Å². The van der Waals surface area contributed by atoms with Gasteiger partial charge in [0.1, 0.15) is 0 Å². The summed E-state index contributed by atoms with van der Waals surface area (Å²) in [4.78, 5) is 33.8. The van der Waals surface area contributed by atoms with Crippen LogP contribution >= 0.6 is 23.2 Å². The molecule has 2 aromatic heterocycles. The van der Waals surface area contributed by atoms with Crippen LogP contribution in [0, 0.1) is 6.92 Å². The summed E-state index contributed by atoms with van der Waals surface area (Å²) in [6.45, 7) is 2.20. The average Bonchev–Trinajstić information content (AvgIpc) is 2.80. The Morgan fingerprint density at radius 1 is 0.939 bits per heavy atom. The molecule has 3 N–H and O–H groups in total. The number of benzene rings is 2. The number of nitrogens with one attached hydrogen (secondary N) is 3. The fraction of sp³-hybridized carbons (Fsp3) is 0.0833. The maximum absolute atomic E-state index is 12.9. The van der Waals surface area contributed by atoms with Gasteiger partial charge >= 0.3 is 6.03 Å². The third kappa shape index (κ3) is 5.05. The number of aryl methyl sites for hydroxylation is 1. The van der Waals surface area contributed by atoms with Gasteiger partial charge in [0.15, 0.2) is 0 Å². The monoisotopic (exact) mass is 479 g/mol. The van der Waals surface area contributed by atoms with Crippen molar-refractivity contribution in [3.63, 3.8) is 0 Å². The number of hydrogen-bond acceptors (Lipinski definition) is 4. The number of amides is 3. The molecule has 4 aromatic rings. The number of rotatable bonds is 5. The van der Waals surface area contributed by atoms with Crippen molar-refractivity contribution in [2.75, 3.05) is 10.6 Å². The zero-order valence-electron chi connectivity index (χ0n) is 17.5. The smallest absolute Gasteiger partial charge is 0.319 e. The van der Waals surface area contributed by atoms with Crippen molar-refractivity contribution in [3.05, 3.63) is 93.9 Å². The van der Waals surface area contributed by atoms with Crippen molar-refractivity contribution in [2.24, 2.45) is 0 Å². The number of carbonyl (C=O) groups excluding carboxylic acids is 2. The van der Waals surface area contributed by atoms with E-state index in [9.17, 15) is 9.59 Å². The topological polar surface area (TPSA) is 96.0 Å². The van der Waals surface area contributed by atoms with Gasteiger partial charge in [0.2, 0.25) is 0 Å². The predicted octanol–water partition coefficient (Wildman–Crippen LogP) is 5.82. The Balaban J connectivity index is 1.59. The van der Waals surface area contributed by atoms with Crippen molar-refractivity contribution in [1.29, 1.82) is 0 Å². The number of carbonyl (C=O) groups is 2. The molecule has 0 unspecified atom stereocenters. The molecule has 7 nitrogen and oxygen atoms in total. The molecule has 0 fully saturated rings. The van der Waals surface area contributed by atoms with E-state index in [1.807, 2.05) is 25.1 Å². The summed E-state index contributed by atoms with van der Waals surface area (Å²) >= 11 is 12.3. The van der Waals surface area contributed by atoms with E-state index in [4.69, 9.17) is 23.2 Å². The van der Waals surface area contributed by atoms with E-state index in [-0.39, 0.29) is 21.6 Å². The molecule has 2 heterocycles. The number of aromatic nitrogens is 2. The van der Waals surface area contributed by atoms with Crippen molar-refractivity contribution in [1.82, 2.24) is 15.3 Å². The average molecular weight is 480 g/mol. The fourth-order valence-electron chi connectivity index (χ4n) is 3.33. The Bertz CT molecular complexity index is 1330. The molecule has 166 valence electrons. The zero-order chi connectivity index (χ0) is 23.4. The maximum Gasteiger partial charge on any atom is 0.319 e. The SMILES string of the molecule is Cc1cnc2c(NC(=O)c3c(Cl)cccc3Cl)cccc2c1NC(=O)NCc1ccncc1. The molecule has 0 saturated heterocycles. The van der Waals surface area contributed by atoms with Crippen LogP contribution in [-0.2, 0) is 6.54 Å². The zero-order valence-corrected chi connectivity index (χ0v) is 19.0. The van der Waals surface area contributed by atoms with Gasteiger partial charge in [-0.05, 0) is 48.4 Å². The highest BCUT2D eigenvalue weighted by molar-refractivity contribution is 6.40. The minimum atomic E-state index is -0.454. The molecule has 0 saturated carbocycles. The highest BCUT2D eigenvalue weighted by atomic mass is 35.5. The number of halogens is 2. The van der Waals surface area contributed by atoms with E-state index in [0.717, 1.165) is 11.1 Å². The lowest BCUT2D eigenvalue weighted by Crippen LogP contribution is -2.28. The highest BCUT2D eigenvalue weighted by Crippen LogP contribution is 2.31. The lowest BCUT2D eigenvalue weighted by Gasteiger charge is -2.15. The molecule has 4 rings (SSSR count).